The summed E-state index contributed by atoms with van der Waals surface area (Å²) in [6.45, 7) is 6.20. The van der Waals surface area contributed by atoms with Gasteiger partial charge in [-0.05, 0) is 39.0 Å². The Hall–Kier alpha value is -2.26. The molecule has 25 heavy (non-hydrogen) atoms. The van der Waals surface area contributed by atoms with Gasteiger partial charge in [0.2, 0.25) is 5.82 Å². The van der Waals surface area contributed by atoms with E-state index in [4.69, 9.17) is 4.52 Å². The second kappa shape index (κ2) is 6.23. The fourth-order valence-corrected chi connectivity index (χ4v) is 4.03. The molecular formula is C16H18N4O3S2. The molecule has 0 saturated carbocycles. The van der Waals surface area contributed by atoms with Crippen LogP contribution in [0.5, 0.6) is 0 Å². The van der Waals surface area contributed by atoms with Crippen molar-refractivity contribution in [3.63, 3.8) is 0 Å². The van der Waals surface area contributed by atoms with E-state index in [1.165, 1.54) is 17.4 Å². The first-order valence-electron chi connectivity index (χ1n) is 7.49. The fraction of sp³-hybridized carbons (Fsp3) is 0.312. The first-order valence-corrected chi connectivity index (χ1v) is 10.3. The van der Waals surface area contributed by atoms with E-state index in [0.717, 1.165) is 11.9 Å². The van der Waals surface area contributed by atoms with Crippen LogP contribution in [0, 0.1) is 0 Å². The molecule has 0 spiro atoms. The Morgan fingerprint density at radius 2 is 2.00 bits per heavy atom. The highest BCUT2D eigenvalue weighted by Crippen LogP contribution is 2.29. The molecule has 9 heteroatoms. The Kier molecular flexibility index (Phi) is 4.38. The number of pyridine rings is 1. The molecule has 0 radical (unpaired) electrons. The van der Waals surface area contributed by atoms with Gasteiger partial charge in [-0.2, -0.15) is 4.98 Å². The van der Waals surface area contributed by atoms with Gasteiger partial charge in [0.15, 0.2) is 9.84 Å². The number of nitrogens with zero attached hydrogens (tertiary/aromatic N) is 3. The maximum absolute atomic E-state index is 11.6. The van der Waals surface area contributed by atoms with Crippen molar-refractivity contribution in [2.75, 3.05) is 11.6 Å². The zero-order valence-corrected chi connectivity index (χ0v) is 15.9. The Balaban J connectivity index is 1.83. The van der Waals surface area contributed by atoms with Crippen LogP contribution < -0.4 is 5.32 Å². The van der Waals surface area contributed by atoms with E-state index in [9.17, 15) is 8.42 Å². The summed E-state index contributed by atoms with van der Waals surface area (Å²) in [7, 11) is -3.25. The molecule has 0 fully saturated rings. The first kappa shape index (κ1) is 17.6. The Bertz CT molecular complexity index is 983. The summed E-state index contributed by atoms with van der Waals surface area (Å²) in [5, 5.41) is 8.81. The van der Waals surface area contributed by atoms with Crippen LogP contribution in [0.1, 0.15) is 20.8 Å². The molecular weight excluding hydrogens is 360 g/mol. The molecule has 1 N–H and O–H groups in total. The zero-order chi connectivity index (χ0) is 18.2. The lowest BCUT2D eigenvalue weighted by molar-refractivity contribution is 0.433. The number of hydrogen-bond donors (Lipinski definition) is 1. The number of nitrogens with one attached hydrogen (secondary N) is 1. The van der Waals surface area contributed by atoms with Crippen molar-refractivity contribution in [2.24, 2.45) is 0 Å². The second-order valence-electron chi connectivity index (χ2n) is 6.65. The van der Waals surface area contributed by atoms with Crippen LogP contribution in [0.2, 0.25) is 0 Å². The van der Waals surface area contributed by atoms with Crippen LogP contribution in [0.3, 0.4) is 0 Å². The van der Waals surface area contributed by atoms with Gasteiger partial charge in [0.1, 0.15) is 5.69 Å². The highest BCUT2D eigenvalue weighted by molar-refractivity contribution is 7.90. The largest absolute Gasteiger partial charge is 0.379 e. The predicted octanol–water partition coefficient (Wildman–Crippen LogP) is 3.47. The minimum Gasteiger partial charge on any atom is -0.379 e. The number of sulfone groups is 1. The Labute approximate surface area is 150 Å². The van der Waals surface area contributed by atoms with Crippen molar-refractivity contribution in [3.05, 3.63) is 29.8 Å². The summed E-state index contributed by atoms with van der Waals surface area (Å²) in [6, 6.07) is 5.23. The third-order valence-electron chi connectivity index (χ3n) is 3.15. The minimum atomic E-state index is -3.25. The molecule has 0 aliphatic heterocycles. The van der Waals surface area contributed by atoms with Gasteiger partial charge in [-0.25, -0.2) is 8.42 Å². The standard InChI is InChI=1S/C16H18N4O3S2/c1-16(2,3)19-10-5-6-12(17-8-10)14-18-15(23-20-14)13-7-11(9-24-13)25(4,21)22/h5-9,19H,1-4H3. The van der Waals surface area contributed by atoms with Crippen molar-refractivity contribution >= 4 is 26.9 Å². The van der Waals surface area contributed by atoms with E-state index in [0.29, 0.717) is 16.4 Å². The van der Waals surface area contributed by atoms with Crippen molar-refractivity contribution in [2.45, 2.75) is 31.2 Å². The Morgan fingerprint density at radius 3 is 2.56 bits per heavy atom. The topological polar surface area (TPSA) is 98.0 Å². The Morgan fingerprint density at radius 1 is 1.24 bits per heavy atom. The summed E-state index contributed by atoms with van der Waals surface area (Å²) in [5.41, 5.74) is 1.42. The lowest BCUT2D eigenvalue weighted by atomic mass is 10.1. The van der Waals surface area contributed by atoms with Gasteiger partial charge in [0.05, 0.1) is 21.7 Å². The lowest BCUT2D eigenvalue weighted by Crippen LogP contribution is -2.26. The third kappa shape index (κ3) is 4.23. The van der Waals surface area contributed by atoms with Crippen LogP contribution in [-0.4, -0.2) is 35.3 Å². The van der Waals surface area contributed by atoms with Crippen LogP contribution in [0.4, 0.5) is 5.69 Å². The SMILES string of the molecule is CC(C)(C)Nc1ccc(-c2noc(-c3cc(S(C)(=O)=O)cs3)n2)nc1. The quantitative estimate of drug-likeness (QED) is 0.742. The number of hydrogen-bond acceptors (Lipinski definition) is 8. The predicted molar refractivity (Wildman–Crippen MR) is 97.3 cm³/mol. The highest BCUT2D eigenvalue weighted by atomic mass is 32.2. The normalized spacial score (nSPS) is 12.3. The molecule has 0 aromatic carbocycles. The molecule has 0 unspecified atom stereocenters. The maximum atomic E-state index is 11.6. The molecule has 132 valence electrons. The van der Waals surface area contributed by atoms with E-state index >= 15 is 0 Å². The summed E-state index contributed by atoms with van der Waals surface area (Å²) >= 11 is 1.24. The average molecular weight is 378 g/mol. The maximum Gasteiger partial charge on any atom is 0.268 e. The summed E-state index contributed by atoms with van der Waals surface area (Å²) < 4.78 is 28.4. The number of rotatable bonds is 4. The number of thiophene rings is 1. The molecule has 0 saturated heterocycles. The molecule has 3 rings (SSSR count). The third-order valence-corrected chi connectivity index (χ3v) is 5.31. The minimum absolute atomic E-state index is 0.0565. The van der Waals surface area contributed by atoms with Gasteiger partial charge in [0, 0.05) is 17.2 Å². The molecule has 3 aromatic rings. The van der Waals surface area contributed by atoms with Crippen LogP contribution in [-0.2, 0) is 9.84 Å². The molecule has 0 aliphatic carbocycles. The van der Waals surface area contributed by atoms with E-state index in [1.807, 2.05) is 6.07 Å². The molecule has 3 heterocycles. The van der Waals surface area contributed by atoms with E-state index in [1.54, 1.807) is 17.6 Å². The highest BCUT2D eigenvalue weighted by Gasteiger charge is 2.17. The van der Waals surface area contributed by atoms with Gasteiger partial charge in [0.25, 0.3) is 5.89 Å². The second-order valence-corrected chi connectivity index (χ2v) is 9.58. The summed E-state index contributed by atoms with van der Waals surface area (Å²) in [6.07, 6.45) is 2.87. The molecule has 0 aliphatic rings. The van der Waals surface area contributed by atoms with Crippen LogP contribution in [0.25, 0.3) is 22.3 Å². The van der Waals surface area contributed by atoms with Crippen molar-refractivity contribution in [1.29, 1.82) is 0 Å². The lowest BCUT2D eigenvalue weighted by Gasteiger charge is -2.21. The van der Waals surface area contributed by atoms with Crippen molar-refractivity contribution in [3.8, 4) is 22.3 Å². The number of anilines is 1. The van der Waals surface area contributed by atoms with Gasteiger partial charge in [-0.3, -0.25) is 4.98 Å². The molecule has 7 nitrogen and oxygen atoms in total. The van der Waals surface area contributed by atoms with Crippen molar-refractivity contribution in [1.82, 2.24) is 15.1 Å². The smallest absolute Gasteiger partial charge is 0.268 e. The van der Waals surface area contributed by atoms with E-state index in [2.05, 4.69) is 41.2 Å². The monoisotopic (exact) mass is 378 g/mol. The van der Waals surface area contributed by atoms with Gasteiger partial charge in [-0.15, -0.1) is 11.3 Å². The number of aromatic nitrogens is 3. The van der Waals surface area contributed by atoms with Crippen molar-refractivity contribution < 1.29 is 12.9 Å². The van der Waals surface area contributed by atoms with E-state index in [-0.39, 0.29) is 16.3 Å². The van der Waals surface area contributed by atoms with Gasteiger partial charge < -0.3 is 9.84 Å². The molecule has 0 bridgehead atoms. The summed E-state index contributed by atoms with van der Waals surface area (Å²) in [5.74, 6) is 0.625. The van der Waals surface area contributed by atoms with Crippen LogP contribution >= 0.6 is 11.3 Å². The zero-order valence-electron chi connectivity index (χ0n) is 14.3. The molecule has 3 aromatic heterocycles. The molecule has 0 atom stereocenters. The van der Waals surface area contributed by atoms with E-state index < -0.39 is 9.84 Å². The van der Waals surface area contributed by atoms with Gasteiger partial charge in [-0.1, -0.05) is 5.16 Å². The van der Waals surface area contributed by atoms with Crippen LogP contribution in [0.15, 0.2) is 39.2 Å². The first-order chi connectivity index (χ1) is 11.6. The average Bonchev–Trinajstić information content (AvgIpc) is 3.15. The fourth-order valence-electron chi connectivity index (χ4n) is 2.09. The molecule has 0 amide bonds. The van der Waals surface area contributed by atoms with Gasteiger partial charge >= 0.3 is 0 Å². The summed E-state index contributed by atoms with van der Waals surface area (Å²) in [4.78, 5) is 9.49.